The molecule has 3 amide bonds. The van der Waals surface area contributed by atoms with Crippen LogP contribution >= 0.6 is 0 Å². The molecule has 33 heavy (non-hydrogen) atoms. The first kappa shape index (κ1) is 23.7. The number of rotatable bonds is 9. The van der Waals surface area contributed by atoms with Crippen LogP contribution in [-0.4, -0.2) is 64.2 Å². The second kappa shape index (κ2) is 9.06. The van der Waals surface area contributed by atoms with Crippen molar-refractivity contribution >= 4 is 23.4 Å². The largest absolute Gasteiger partial charge is 0.394 e. The summed E-state index contributed by atoms with van der Waals surface area (Å²) in [6.07, 6.45) is 3.39. The maximum absolute atomic E-state index is 13.9. The fourth-order valence-corrected chi connectivity index (χ4v) is 6.10. The van der Waals surface area contributed by atoms with Crippen LogP contribution in [0.3, 0.4) is 0 Å². The number of unbranched alkanes of at least 4 members (excludes halogenated alkanes) is 1. The molecule has 3 saturated heterocycles. The second-order valence-corrected chi connectivity index (χ2v) is 9.72. The van der Waals surface area contributed by atoms with Crippen molar-refractivity contribution in [3.63, 3.8) is 0 Å². The number of benzene rings is 1. The lowest BCUT2D eigenvalue weighted by atomic mass is 9.66. The van der Waals surface area contributed by atoms with Gasteiger partial charge in [-0.15, -0.1) is 0 Å². The van der Waals surface area contributed by atoms with Gasteiger partial charge in [0.2, 0.25) is 17.7 Å². The molecule has 3 aliphatic heterocycles. The number of hydrogen-bond donors (Lipinski definition) is 3. The molecule has 0 aliphatic carbocycles. The number of carbonyl (C=O) groups is 3. The van der Waals surface area contributed by atoms with Gasteiger partial charge in [-0.25, -0.2) is 0 Å². The summed E-state index contributed by atoms with van der Waals surface area (Å²) in [5.74, 6) is -2.29. The molecule has 180 valence electrons. The third-order valence-corrected chi connectivity index (χ3v) is 7.69. The number of amides is 3. The minimum Gasteiger partial charge on any atom is -0.394 e. The maximum Gasteiger partial charge on any atom is 0.245 e. The molecular weight excluding hydrogens is 422 g/mol. The highest BCUT2D eigenvalue weighted by Gasteiger charge is 2.78. The molecule has 3 heterocycles. The van der Waals surface area contributed by atoms with Crippen molar-refractivity contribution in [2.24, 2.45) is 11.8 Å². The number of nitrogens with zero attached hydrogens (tertiary/aromatic N) is 1. The molecule has 8 heteroatoms. The van der Waals surface area contributed by atoms with Crippen LogP contribution < -0.4 is 10.6 Å². The summed E-state index contributed by atoms with van der Waals surface area (Å²) in [4.78, 5) is 42.3. The van der Waals surface area contributed by atoms with Gasteiger partial charge in [0.25, 0.3) is 0 Å². The van der Waals surface area contributed by atoms with Crippen LogP contribution in [0.25, 0.3) is 0 Å². The SMILES string of the molecule is CCCCNC(=O)C1N([C@@H](CC)CO)C(=O)[C@@H]2[C@@H](C(=O)Nc3ccccc3)[C@@]3(C)CCC12O3. The number of nitrogens with one attached hydrogen (secondary N) is 2. The van der Waals surface area contributed by atoms with Crippen molar-refractivity contribution in [2.75, 3.05) is 18.5 Å². The molecule has 4 rings (SSSR count). The van der Waals surface area contributed by atoms with E-state index in [9.17, 15) is 19.5 Å². The average molecular weight is 458 g/mol. The molecule has 6 atom stereocenters. The molecule has 3 aliphatic rings. The van der Waals surface area contributed by atoms with Gasteiger partial charge in [0.1, 0.15) is 11.6 Å². The van der Waals surface area contributed by atoms with Gasteiger partial charge in [0.15, 0.2) is 0 Å². The summed E-state index contributed by atoms with van der Waals surface area (Å²) in [5, 5.41) is 15.9. The topological polar surface area (TPSA) is 108 Å². The Morgan fingerprint density at radius 2 is 1.94 bits per heavy atom. The molecule has 1 aromatic carbocycles. The van der Waals surface area contributed by atoms with Crippen LogP contribution in [0.5, 0.6) is 0 Å². The summed E-state index contributed by atoms with van der Waals surface area (Å²) in [6.45, 7) is 6.07. The zero-order valence-corrected chi connectivity index (χ0v) is 19.7. The number of ether oxygens (including phenoxy) is 1. The average Bonchev–Trinajstić information content (AvgIpc) is 3.37. The van der Waals surface area contributed by atoms with Crippen LogP contribution in [0.4, 0.5) is 5.69 Å². The molecule has 1 spiro atoms. The zero-order chi connectivity index (χ0) is 23.8. The lowest BCUT2D eigenvalue weighted by Gasteiger charge is -2.36. The molecule has 8 nitrogen and oxygen atoms in total. The van der Waals surface area contributed by atoms with Crippen LogP contribution in [0.1, 0.15) is 52.9 Å². The Kier molecular flexibility index (Phi) is 6.51. The second-order valence-electron chi connectivity index (χ2n) is 9.72. The molecule has 3 N–H and O–H groups in total. The van der Waals surface area contributed by atoms with E-state index in [4.69, 9.17) is 4.74 Å². The van der Waals surface area contributed by atoms with Crippen molar-refractivity contribution in [3.05, 3.63) is 30.3 Å². The summed E-state index contributed by atoms with van der Waals surface area (Å²) in [5.41, 5.74) is -1.24. The molecule has 3 fully saturated rings. The van der Waals surface area contributed by atoms with E-state index in [1.165, 1.54) is 4.90 Å². The summed E-state index contributed by atoms with van der Waals surface area (Å²) in [7, 11) is 0. The Bertz CT molecular complexity index is 905. The lowest BCUT2D eigenvalue weighted by Crippen LogP contribution is -2.58. The van der Waals surface area contributed by atoms with Gasteiger partial charge >= 0.3 is 0 Å². The van der Waals surface area contributed by atoms with Gasteiger partial charge in [0, 0.05) is 12.2 Å². The van der Waals surface area contributed by atoms with E-state index in [-0.39, 0.29) is 24.3 Å². The molecule has 0 saturated carbocycles. The van der Waals surface area contributed by atoms with E-state index in [0.717, 1.165) is 12.8 Å². The number of carbonyl (C=O) groups excluding carboxylic acids is 3. The molecule has 2 bridgehead atoms. The molecule has 0 aromatic heterocycles. The fourth-order valence-electron chi connectivity index (χ4n) is 6.10. The van der Waals surface area contributed by atoms with Crippen molar-refractivity contribution in [1.29, 1.82) is 0 Å². The van der Waals surface area contributed by atoms with Gasteiger partial charge in [-0.2, -0.15) is 0 Å². The van der Waals surface area contributed by atoms with Crippen LogP contribution in [0.2, 0.25) is 0 Å². The monoisotopic (exact) mass is 457 g/mol. The smallest absolute Gasteiger partial charge is 0.245 e. The predicted molar refractivity (Wildman–Crippen MR) is 123 cm³/mol. The Morgan fingerprint density at radius 3 is 2.58 bits per heavy atom. The highest BCUT2D eigenvalue weighted by Crippen LogP contribution is 2.63. The third-order valence-electron chi connectivity index (χ3n) is 7.69. The first-order valence-electron chi connectivity index (χ1n) is 12.1. The number of anilines is 1. The van der Waals surface area contributed by atoms with Gasteiger partial charge < -0.3 is 25.4 Å². The highest BCUT2D eigenvalue weighted by atomic mass is 16.5. The summed E-state index contributed by atoms with van der Waals surface area (Å²) < 4.78 is 6.56. The molecule has 0 radical (unpaired) electrons. The predicted octanol–water partition coefficient (Wildman–Crippen LogP) is 2.08. The number of aliphatic hydroxyl groups excluding tert-OH is 1. The van der Waals surface area contributed by atoms with E-state index < -0.39 is 35.1 Å². The van der Waals surface area contributed by atoms with Gasteiger partial charge in [-0.05, 0) is 44.7 Å². The Morgan fingerprint density at radius 1 is 1.21 bits per heavy atom. The number of fused-ring (bicyclic) bond motifs is 1. The number of hydrogen-bond acceptors (Lipinski definition) is 5. The van der Waals surface area contributed by atoms with Gasteiger partial charge in [-0.3, -0.25) is 14.4 Å². The highest BCUT2D eigenvalue weighted by molar-refractivity contribution is 6.02. The number of para-hydroxylation sites is 1. The van der Waals surface area contributed by atoms with E-state index in [1.54, 1.807) is 12.1 Å². The first-order valence-corrected chi connectivity index (χ1v) is 12.1. The quantitative estimate of drug-likeness (QED) is 0.492. The minimum atomic E-state index is -1.07. The standard InChI is InChI=1S/C25H35N3O5/c1-4-6-14-26-22(31)20-25-13-12-24(3,33-25)18(21(30)27-16-10-8-7-9-11-16)19(25)23(32)28(20)17(5-2)15-29/h7-11,17-20,29H,4-6,12-15H2,1-3H3,(H,26,31)(H,27,30)/t17-,18-,19-,20?,24+,25?/m0/s1. The number of likely N-dealkylation sites (tertiary alicyclic amines) is 1. The lowest BCUT2D eigenvalue weighted by molar-refractivity contribution is -0.148. The molecular formula is C25H35N3O5. The maximum atomic E-state index is 13.9. The Hall–Kier alpha value is -2.45. The van der Waals surface area contributed by atoms with Crippen LogP contribution in [-0.2, 0) is 19.1 Å². The van der Waals surface area contributed by atoms with E-state index >= 15 is 0 Å². The van der Waals surface area contributed by atoms with E-state index in [2.05, 4.69) is 10.6 Å². The van der Waals surface area contributed by atoms with Crippen LogP contribution in [0, 0.1) is 11.8 Å². The van der Waals surface area contributed by atoms with Crippen LogP contribution in [0.15, 0.2) is 30.3 Å². The van der Waals surface area contributed by atoms with Gasteiger partial charge in [0.05, 0.1) is 30.1 Å². The van der Waals surface area contributed by atoms with Gasteiger partial charge in [-0.1, -0.05) is 38.5 Å². The Balaban J connectivity index is 1.71. The van der Waals surface area contributed by atoms with Crippen molar-refractivity contribution in [2.45, 2.75) is 76.2 Å². The van der Waals surface area contributed by atoms with Crippen molar-refractivity contribution in [1.82, 2.24) is 10.2 Å². The van der Waals surface area contributed by atoms with Crippen molar-refractivity contribution in [3.8, 4) is 0 Å². The normalized spacial score (nSPS) is 33.2. The molecule has 2 unspecified atom stereocenters. The van der Waals surface area contributed by atoms with E-state index in [0.29, 0.717) is 31.5 Å². The number of aliphatic hydroxyl groups is 1. The molecule has 1 aromatic rings. The summed E-state index contributed by atoms with van der Waals surface area (Å²) in [6, 6.07) is 7.77. The third kappa shape index (κ3) is 3.73. The zero-order valence-electron chi connectivity index (χ0n) is 19.7. The minimum absolute atomic E-state index is 0.248. The van der Waals surface area contributed by atoms with Crippen molar-refractivity contribution < 1.29 is 24.2 Å². The Labute approximate surface area is 195 Å². The fraction of sp³-hybridized carbons (Fsp3) is 0.640. The first-order chi connectivity index (χ1) is 15.8. The van der Waals surface area contributed by atoms with E-state index in [1.807, 2.05) is 39.0 Å². The summed E-state index contributed by atoms with van der Waals surface area (Å²) >= 11 is 0.